The molecule has 2 unspecified atom stereocenters. The van der Waals surface area contributed by atoms with E-state index in [1.807, 2.05) is 37.4 Å². The van der Waals surface area contributed by atoms with Gasteiger partial charge in [0.05, 0.1) is 19.3 Å². The van der Waals surface area contributed by atoms with Crippen LogP contribution in [0.3, 0.4) is 0 Å². The van der Waals surface area contributed by atoms with E-state index in [1.54, 1.807) is 7.11 Å². The van der Waals surface area contributed by atoms with Gasteiger partial charge in [0.1, 0.15) is 5.75 Å². The molecule has 2 aromatic rings. The molecule has 0 fully saturated rings. The molecule has 1 aromatic carbocycles. The number of hydrogen-bond acceptors (Lipinski definition) is 3. The molecule has 1 aliphatic carbocycles. The minimum atomic E-state index is -0.145. The van der Waals surface area contributed by atoms with E-state index < -0.39 is 0 Å². The van der Waals surface area contributed by atoms with Crippen molar-refractivity contribution in [3.8, 4) is 5.75 Å². The van der Waals surface area contributed by atoms with Gasteiger partial charge in [-0.2, -0.15) is 5.10 Å². The second kappa shape index (κ2) is 6.73. The van der Waals surface area contributed by atoms with Crippen molar-refractivity contribution in [2.24, 2.45) is 0 Å². The number of urea groups is 1. The van der Waals surface area contributed by atoms with E-state index >= 15 is 0 Å². The van der Waals surface area contributed by atoms with Gasteiger partial charge in [-0.05, 0) is 43.0 Å². The van der Waals surface area contributed by atoms with E-state index in [4.69, 9.17) is 4.74 Å². The van der Waals surface area contributed by atoms with E-state index in [9.17, 15) is 4.79 Å². The van der Waals surface area contributed by atoms with Gasteiger partial charge >= 0.3 is 6.03 Å². The number of fused-ring (bicyclic) bond motifs is 1. The first-order valence-corrected chi connectivity index (χ1v) is 7.88. The Balaban J connectivity index is 1.55. The van der Waals surface area contributed by atoms with Gasteiger partial charge < -0.3 is 15.4 Å². The smallest absolute Gasteiger partial charge is 0.315 e. The van der Waals surface area contributed by atoms with Crippen molar-refractivity contribution in [2.45, 2.75) is 38.3 Å². The van der Waals surface area contributed by atoms with Crippen molar-refractivity contribution >= 4 is 6.03 Å². The molecular formula is C17H22N4O2. The average molecular weight is 314 g/mol. The highest BCUT2D eigenvalue weighted by Gasteiger charge is 2.22. The van der Waals surface area contributed by atoms with Crippen LogP contribution in [0.4, 0.5) is 4.79 Å². The van der Waals surface area contributed by atoms with Crippen LogP contribution in [0.25, 0.3) is 0 Å². The number of carbonyl (C=O) groups excluding carboxylic acids is 1. The SMILES string of the molecule is COc1cccc(C(C)NC(=O)NC2CCc3cn[nH]c3C2)c1. The number of nitrogens with zero attached hydrogens (tertiary/aromatic N) is 1. The van der Waals surface area contributed by atoms with Crippen molar-refractivity contribution < 1.29 is 9.53 Å². The van der Waals surface area contributed by atoms with E-state index in [2.05, 4.69) is 20.8 Å². The largest absolute Gasteiger partial charge is 0.497 e. The monoisotopic (exact) mass is 314 g/mol. The summed E-state index contributed by atoms with van der Waals surface area (Å²) in [4.78, 5) is 12.2. The fourth-order valence-corrected chi connectivity index (χ4v) is 2.95. The predicted octanol–water partition coefficient (Wildman–Crippen LogP) is 2.34. The lowest BCUT2D eigenvalue weighted by atomic mass is 9.94. The molecule has 122 valence electrons. The normalized spacial score (nSPS) is 17.9. The summed E-state index contributed by atoms with van der Waals surface area (Å²) >= 11 is 0. The molecule has 0 saturated carbocycles. The Hall–Kier alpha value is -2.50. The molecule has 3 rings (SSSR count). The summed E-state index contributed by atoms with van der Waals surface area (Å²) in [7, 11) is 1.64. The lowest BCUT2D eigenvalue weighted by Gasteiger charge is -2.24. The van der Waals surface area contributed by atoms with Crippen LogP contribution in [-0.4, -0.2) is 29.4 Å². The van der Waals surface area contributed by atoms with Crippen molar-refractivity contribution in [3.05, 3.63) is 47.3 Å². The van der Waals surface area contributed by atoms with Crippen LogP contribution in [0.1, 0.15) is 36.2 Å². The first-order valence-electron chi connectivity index (χ1n) is 7.88. The van der Waals surface area contributed by atoms with Crippen molar-refractivity contribution in [1.29, 1.82) is 0 Å². The van der Waals surface area contributed by atoms with Crippen LogP contribution in [0, 0.1) is 0 Å². The number of aromatic amines is 1. The van der Waals surface area contributed by atoms with Gasteiger partial charge in [-0.25, -0.2) is 4.79 Å². The quantitative estimate of drug-likeness (QED) is 0.810. The molecule has 2 amide bonds. The molecule has 0 bridgehead atoms. The summed E-state index contributed by atoms with van der Waals surface area (Å²) in [6, 6.07) is 7.63. The van der Waals surface area contributed by atoms with Gasteiger partial charge in [0.15, 0.2) is 0 Å². The molecule has 6 nitrogen and oxygen atoms in total. The Kier molecular flexibility index (Phi) is 4.50. The minimum Gasteiger partial charge on any atom is -0.497 e. The van der Waals surface area contributed by atoms with E-state index in [0.29, 0.717) is 0 Å². The zero-order valence-electron chi connectivity index (χ0n) is 13.4. The Labute approximate surface area is 135 Å². The number of methoxy groups -OCH3 is 1. The molecular weight excluding hydrogens is 292 g/mol. The van der Waals surface area contributed by atoms with Gasteiger partial charge in [-0.1, -0.05) is 12.1 Å². The van der Waals surface area contributed by atoms with Crippen molar-refractivity contribution in [3.63, 3.8) is 0 Å². The fraction of sp³-hybridized carbons (Fsp3) is 0.412. The average Bonchev–Trinajstić information content (AvgIpc) is 3.02. The number of aryl methyl sites for hydroxylation is 1. The van der Waals surface area contributed by atoms with Crippen LogP contribution >= 0.6 is 0 Å². The van der Waals surface area contributed by atoms with Gasteiger partial charge in [0, 0.05) is 18.2 Å². The van der Waals surface area contributed by atoms with E-state index in [-0.39, 0.29) is 18.1 Å². The van der Waals surface area contributed by atoms with E-state index in [1.165, 1.54) is 5.56 Å². The summed E-state index contributed by atoms with van der Waals surface area (Å²) < 4.78 is 5.22. The maximum absolute atomic E-state index is 12.2. The summed E-state index contributed by atoms with van der Waals surface area (Å²) in [6.45, 7) is 1.96. The maximum Gasteiger partial charge on any atom is 0.315 e. The number of aromatic nitrogens is 2. The second-order valence-electron chi connectivity index (χ2n) is 5.93. The summed E-state index contributed by atoms with van der Waals surface area (Å²) in [5.74, 6) is 0.788. The molecule has 1 aromatic heterocycles. The first kappa shape index (κ1) is 15.4. The van der Waals surface area contributed by atoms with Gasteiger partial charge in [-0.15, -0.1) is 0 Å². The zero-order valence-corrected chi connectivity index (χ0v) is 13.4. The number of H-pyrrole nitrogens is 1. The fourth-order valence-electron chi connectivity index (χ4n) is 2.95. The number of benzene rings is 1. The predicted molar refractivity (Wildman–Crippen MR) is 87.5 cm³/mol. The Morgan fingerprint density at radius 3 is 3.17 bits per heavy atom. The van der Waals surface area contributed by atoms with Crippen LogP contribution in [0.2, 0.25) is 0 Å². The van der Waals surface area contributed by atoms with Crippen LogP contribution in [0.5, 0.6) is 5.75 Å². The number of hydrogen-bond donors (Lipinski definition) is 3. The minimum absolute atomic E-state index is 0.0867. The Bertz CT molecular complexity index is 683. The third kappa shape index (κ3) is 3.64. The lowest BCUT2D eigenvalue weighted by Crippen LogP contribution is -2.45. The second-order valence-corrected chi connectivity index (χ2v) is 5.93. The zero-order chi connectivity index (χ0) is 16.2. The number of nitrogens with one attached hydrogen (secondary N) is 3. The molecule has 2 atom stereocenters. The number of amides is 2. The topological polar surface area (TPSA) is 79.0 Å². The molecule has 3 N–H and O–H groups in total. The number of rotatable bonds is 4. The van der Waals surface area contributed by atoms with Crippen LogP contribution < -0.4 is 15.4 Å². The lowest BCUT2D eigenvalue weighted by molar-refractivity contribution is 0.232. The molecule has 23 heavy (non-hydrogen) atoms. The van der Waals surface area contributed by atoms with Crippen molar-refractivity contribution in [2.75, 3.05) is 7.11 Å². The van der Waals surface area contributed by atoms with Gasteiger partial charge in [-0.3, -0.25) is 5.10 Å². The molecule has 6 heteroatoms. The van der Waals surface area contributed by atoms with Gasteiger partial charge in [0.25, 0.3) is 0 Å². The summed E-state index contributed by atoms with van der Waals surface area (Å²) in [6.07, 6.45) is 4.56. The highest BCUT2D eigenvalue weighted by atomic mass is 16.5. The highest BCUT2D eigenvalue weighted by molar-refractivity contribution is 5.74. The van der Waals surface area contributed by atoms with Crippen molar-refractivity contribution in [1.82, 2.24) is 20.8 Å². The summed E-state index contributed by atoms with van der Waals surface area (Å²) in [5, 5.41) is 13.1. The third-order valence-electron chi connectivity index (χ3n) is 4.30. The van der Waals surface area contributed by atoms with Crippen LogP contribution in [0.15, 0.2) is 30.5 Å². The number of ether oxygens (including phenoxy) is 1. The first-order chi connectivity index (χ1) is 11.2. The van der Waals surface area contributed by atoms with Crippen LogP contribution in [-0.2, 0) is 12.8 Å². The molecule has 0 spiro atoms. The Morgan fingerprint density at radius 1 is 1.48 bits per heavy atom. The number of carbonyl (C=O) groups is 1. The molecule has 0 radical (unpaired) electrons. The molecule has 1 aliphatic rings. The standard InChI is InChI=1S/C17H22N4O2/c1-11(12-4-3-5-15(8-12)23-2)19-17(22)20-14-7-6-13-10-18-21-16(13)9-14/h3-5,8,10-11,14H,6-7,9H2,1-2H3,(H,18,21)(H2,19,20,22). The molecule has 0 aliphatic heterocycles. The maximum atomic E-state index is 12.2. The third-order valence-corrected chi connectivity index (χ3v) is 4.30. The van der Waals surface area contributed by atoms with E-state index in [0.717, 1.165) is 36.3 Å². The highest BCUT2D eigenvalue weighted by Crippen LogP contribution is 2.20. The van der Waals surface area contributed by atoms with Gasteiger partial charge in [0.2, 0.25) is 0 Å². The summed E-state index contributed by atoms with van der Waals surface area (Å²) in [5.41, 5.74) is 3.40. The molecule has 1 heterocycles. The Morgan fingerprint density at radius 2 is 2.35 bits per heavy atom. The molecule has 0 saturated heterocycles.